The lowest BCUT2D eigenvalue weighted by Crippen LogP contribution is -2.07. The molecule has 0 aliphatic heterocycles. The van der Waals surface area contributed by atoms with E-state index in [1.54, 1.807) is 0 Å². The fourth-order valence-corrected chi connectivity index (χ4v) is 3.15. The Morgan fingerprint density at radius 1 is 1.29 bits per heavy atom. The van der Waals surface area contributed by atoms with Crippen molar-refractivity contribution in [3.05, 3.63) is 51.9 Å². The second kappa shape index (κ2) is 5.66. The molecule has 0 atom stereocenters. The molecule has 0 fully saturated rings. The van der Waals surface area contributed by atoms with Gasteiger partial charge in [-0.1, -0.05) is 12.1 Å². The molecule has 21 heavy (non-hydrogen) atoms. The van der Waals surface area contributed by atoms with Crippen LogP contribution in [0.1, 0.15) is 23.9 Å². The lowest BCUT2D eigenvalue weighted by Gasteiger charge is -2.09. The van der Waals surface area contributed by atoms with Crippen LogP contribution in [-0.2, 0) is 19.7 Å². The van der Waals surface area contributed by atoms with Gasteiger partial charge in [0.25, 0.3) is 0 Å². The summed E-state index contributed by atoms with van der Waals surface area (Å²) in [4.78, 5) is 0. The molecule has 0 spiro atoms. The minimum absolute atomic E-state index is 0.0665. The highest BCUT2D eigenvalue weighted by Gasteiger charge is 2.14. The lowest BCUT2D eigenvalue weighted by atomic mass is 10.1. The Morgan fingerprint density at radius 3 is 2.81 bits per heavy atom. The first-order chi connectivity index (χ1) is 10.2. The van der Waals surface area contributed by atoms with Gasteiger partial charge in [0.05, 0.1) is 29.0 Å². The zero-order valence-electron chi connectivity index (χ0n) is 12.2. The van der Waals surface area contributed by atoms with Gasteiger partial charge >= 0.3 is 0 Å². The molecule has 1 aromatic carbocycles. The molecule has 3 rings (SSSR count). The molecule has 0 bridgehead atoms. The van der Waals surface area contributed by atoms with E-state index in [9.17, 15) is 5.11 Å². The van der Waals surface area contributed by atoms with Crippen molar-refractivity contribution in [2.75, 3.05) is 0 Å². The number of hydrogen-bond acceptors (Lipinski definition) is 2. The van der Waals surface area contributed by atoms with E-state index >= 15 is 0 Å². The van der Waals surface area contributed by atoms with Crippen LogP contribution in [0.15, 0.2) is 34.9 Å². The van der Waals surface area contributed by atoms with Gasteiger partial charge in [0, 0.05) is 23.6 Å². The Kier molecular flexibility index (Phi) is 3.87. The first-order valence-electron chi connectivity index (χ1n) is 7.05. The molecular formula is C16H18BrN3O. The van der Waals surface area contributed by atoms with Gasteiger partial charge in [0.2, 0.25) is 0 Å². The first-order valence-corrected chi connectivity index (χ1v) is 7.84. The second-order valence-electron chi connectivity index (χ2n) is 5.11. The van der Waals surface area contributed by atoms with E-state index in [0.717, 1.165) is 39.7 Å². The molecule has 4 nitrogen and oxygen atoms in total. The molecule has 0 saturated heterocycles. The lowest BCUT2D eigenvalue weighted by molar-refractivity contribution is 0.283. The molecule has 0 aliphatic carbocycles. The maximum Gasteiger partial charge on any atom is 0.0739 e. The predicted molar refractivity (Wildman–Crippen MR) is 87.3 cm³/mol. The van der Waals surface area contributed by atoms with Crippen molar-refractivity contribution in [2.45, 2.75) is 33.5 Å². The van der Waals surface area contributed by atoms with Crippen LogP contribution in [0, 0.1) is 6.92 Å². The van der Waals surface area contributed by atoms with Crippen molar-refractivity contribution in [1.82, 2.24) is 14.3 Å². The van der Waals surface area contributed by atoms with E-state index < -0.39 is 0 Å². The average molecular weight is 348 g/mol. The molecule has 0 unspecified atom stereocenters. The maximum atomic E-state index is 9.43. The van der Waals surface area contributed by atoms with Gasteiger partial charge in [-0.05, 0) is 47.5 Å². The number of hydrogen-bond donors (Lipinski definition) is 1. The van der Waals surface area contributed by atoms with Gasteiger partial charge in [-0.25, -0.2) is 0 Å². The van der Waals surface area contributed by atoms with Crippen molar-refractivity contribution >= 4 is 26.8 Å². The Labute approximate surface area is 132 Å². The molecule has 2 aromatic heterocycles. The van der Waals surface area contributed by atoms with Gasteiger partial charge in [-0.2, -0.15) is 5.10 Å². The van der Waals surface area contributed by atoms with Crippen LogP contribution in [0.2, 0.25) is 0 Å². The molecule has 110 valence electrons. The summed E-state index contributed by atoms with van der Waals surface area (Å²) in [5.41, 5.74) is 4.28. The molecule has 0 saturated carbocycles. The molecule has 0 amide bonds. The van der Waals surface area contributed by atoms with Crippen molar-refractivity contribution in [3.8, 4) is 0 Å². The number of nitrogens with zero attached hydrogens (tertiary/aromatic N) is 3. The summed E-state index contributed by atoms with van der Waals surface area (Å²) >= 11 is 3.64. The van der Waals surface area contributed by atoms with E-state index in [1.807, 2.05) is 23.7 Å². The Bertz CT molecular complexity index is 788. The van der Waals surface area contributed by atoms with Crippen molar-refractivity contribution in [1.29, 1.82) is 0 Å². The Hall–Kier alpha value is -1.59. The van der Waals surface area contributed by atoms with E-state index in [0.29, 0.717) is 0 Å². The van der Waals surface area contributed by atoms with Crippen molar-refractivity contribution in [3.63, 3.8) is 0 Å². The molecule has 1 N–H and O–H groups in total. The second-order valence-corrected chi connectivity index (χ2v) is 5.91. The van der Waals surface area contributed by atoms with E-state index in [1.165, 1.54) is 5.69 Å². The number of rotatable bonds is 4. The largest absolute Gasteiger partial charge is 0.392 e. The van der Waals surface area contributed by atoms with E-state index in [-0.39, 0.29) is 6.61 Å². The smallest absolute Gasteiger partial charge is 0.0739 e. The highest BCUT2D eigenvalue weighted by Crippen LogP contribution is 2.25. The number of aliphatic hydroxyl groups excluding tert-OH is 1. The summed E-state index contributed by atoms with van der Waals surface area (Å²) in [6, 6.07) is 8.10. The normalized spacial score (nSPS) is 11.4. The molecule has 5 heteroatoms. The summed E-state index contributed by atoms with van der Waals surface area (Å²) in [7, 11) is 0. The minimum atomic E-state index is 0.0665. The third-order valence-corrected chi connectivity index (χ3v) is 4.88. The summed E-state index contributed by atoms with van der Waals surface area (Å²) in [5.74, 6) is 0. The van der Waals surface area contributed by atoms with E-state index in [4.69, 9.17) is 0 Å². The fraction of sp³-hybridized carbons (Fsp3) is 0.312. The van der Waals surface area contributed by atoms with Crippen LogP contribution < -0.4 is 0 Å². The number of aryl methyl sites for hydroxylation is 2. The SMILES string of the molecule is CCn1nc(C)c(Br)c1Cn1ccc2c(CO)cccc21. The molecule has 0 aliphatic rings. The molecular weight excluding hydrogens is 330 g/mol. The zero-order chi connectivity index (χ0) is 15.0. The number of aromatic nitrogens is 3. The Balaban J connectivity index is 2.07. The first kappa shape index (κ1) is 14.4. The minimum Gasteiger partial charge on any atom is -0.392 e. The van der Waals surface area contributed by atoms with Crippen LogP contribution in [0.4, 0.5) is 0 Å². The number of benzene rings is 1. The molecule has 3 aromatic rings. The van der Waals surface area contributed by atoms with Crippen molar-refractivity contribution in [2.24, 2.45) is 0 Å². The predicted octanol–water partition coefficient (Wildman–Crippen LogP) is 3.47. The van der Waals surface area contributed by atoms with Crippen molar-refractivity contribution < 1.29 is 5.11 Å². The summed E-state index contributed by atoms with van der Waals surface area (Å²) in [5, 5.41) is 15.1. The van der Waals surface area contributed by atoms with Crippen LogP contribution in [0.25, 0.3) is 10.9 Å². The number of aliphatic hydroxyl groups is 1. The third-order valence-electron chi connectivity index (χ3n) is 3.85. The highest BCUT2D eigenvalue weighted by atomic mass is 79.9. The van der Waals surface area contributed by atoms with Gasteiger partial charge in [-0.15, -0.1) is 0 Å². The summed E-state index contributed by atoms with van der Waals surface area (Å²) < 4.78 is 5.30. The number of halogens is 1. The molecule has 0 radical (unpaired) electrons. The standard InChI is InChI=1S/C16H18BrN3O/c1-3-20-15(16(17)11(2)18-20)9-19-8-7-13-12(10-21)5-4-6-14(13)19/h4-8,21H,3,9-10H2,1-2H3. The monoisotopic (exact) mass is 347 g/mol. The quantitative estimate of drug-likeness (QED) is 0.785. The third kappa shape index (κ3) is 2.40. The van der Waals surface area contributed by atoms with Gasteiger partial charge in [0.15, 0.2) is 0 Å². The van der Waals surface area contributed by atoms with Gasteiger partial charge < -0.3 is 9.67 Å². The van der Waals surface area contributed by atoms with Crippen LogP contribution in [0.5, 0.6) is 0 Å². The van der Waals surface area contributed by atoms with Crippen LogP contribution >= 0.6 is 15.9 Å². The highest BCUT2D eigenvalue weighted by molar-refractivity contribution is 9.10. The summed E-state index contributed by atoms with van der Waals surface area (Å²) in [6.45, 7) is 5.78. The topological polar surface area (TPSA) is 43.0 Å². The molecule has 2 heterocycles. The van der Waals surface area contributed by atoms with E-state index in [2.05, 4.69) is 50.8 Å². The van der Waals surface area contributed by atoms with Crippen LogP contribution in [0.3, 0.4) is 0 Å². The zero-order valence-corrected chi connectivity index (χ0v) is 13.8. The fourth-order valence-electron chi connectivity index (χ4n) is 2.74. The van der Waals surface area contributed by atoms with Gasteiger partial charge in [-0.3, -0.25) is 4.68 Å². The average Bonchev–Trinajstić information content (AvgIpc) is 3.03. The van der Waals surface area contributed by atoms with Gasteiger partial charge in [0.1, 0.15) is 0 Å². The van der Waals surface area contributed by atoms with Crippen LogP contribution in [-0.4, -0.2) is 19.5 Å². The maximum absolute atomic E-state index is 9.43. The summed E-state index contributed by atoms with van der Waals surface area (Å²) in [6.07, 6.45) is 2.07. The Morgan fingerprint density at radius 2 is 2.10 bits per heavy atom. The number of fused-ring (bicyclic) bond motifs is 1.